The monoisotopic (exact) mass is 472 g/mol. The van der Waals surface area contributed by atoms with E-state index in [-0.39, 0.29) is 16.5 Å². The van der Waals surface area contributed by atoms with Gasteiger partial charge in [-0.25, -0.2) is 8.42 Å². The van der Waals surface area contributed by atoms with E-state index in [1.165, 1.54) is 26.4 Å². The minimum absolute atomic E-state index is 0.0512. The van der Waals surface area contributed by atoms with E-state index in [1.807, 2.05) is 25.1 Å². The fraction of sp³-hybridized carbons (Fsp3) is 0.174. The first-order chi connectivity index (χ1) is 15.4. The number of hydrogen-bond acceptors (Lipinski definition) is 6. The third-order valence-corrected chi connectivity index (χ3v) is 6.84. The molecule has 2 N–H and O–H groups in total. The number of benzene rings is 3. The summed E-state index contributed by atoms with van der Waals surface area (Å²) < 4.78 is 38.5. The first-order valence-electron chi connectivity index (χ1n) is 9.76. The Kier molecular flexibility index (Phi) is 7.66. The number of carbonyl (C=O) groups is 1. The van der Waals surface area contributed by atoms with Crippen molar-refractivity contribution in [1.29, 1.82) is 0 Å². The standard InChI is InChI=1S/C23H24N2O5S2/c1-4-31-22-8-6-5-7-19(22)23(26)24-16-9-12-18(13-10-16)32(27,28)25-20-14-11-17(29-2)15-21(20)30-3/h5-15,25H,4H2,1-3H3,(H,24,26). The molecule has 9 heteroatoms. The highest BCUT2D eigenvalue weighted by Crippen LogP contribution is 2.31. The lowest BCUT2D eigenvalue weighted by Gasteiger charge is -2.13. The summed E-state index contributed by atoms with van der Waals surface area (Å²) in [6.45, 7) is 2.02. The van der Waals surface area contributed by atoms with Gasteiger partial charge in [0.1, 0.15) is 11.5 Å². The maximum Gasteiger partial charge on any atom is 0.262 e. The molecule has 0 bridgehead atoms. The van der Waals surface area contributed by atoms with Crippen LogP contribution >= 0.6 is 11.8 Å². The average Bonchev–Trinajstić information content (AvgIpc) is 2.80. The smallest absolute Gasteiger partial charge is 0.262 e. The van der Waals surface area contributed by atoms with Crippen LogP contribution in [0.2, 0.25) is 0 Å². The molecular formula is C23H24N2O5S2. The molecule has 0 aliphatic carbocycles. The number of methoxy groups -OCH3 is 2. The maximum absolute atomic E-state index is 12.8. The summed E-state index contributed by atoms with van der Waals surface area (Å²) in [4.78, 5) is 13.6. The van der Waals surface area contributed by atoms with Crippen molar-refractivity contribution in [3.63, 3.8) is 0 Å². The number of rotatable bonds is 9. The number of nitrogens with one attached hydrogen (secondary N) is 2. The van der Waals surface area contributed by atoms with Crippen molar-refractivity contribution in [2.75, 3.05) is 30.0 Å². The van der Waals surface area contributed by atoms with E-state index in [2.05, 4.69) is 10.0 Å². The van der Waals surface area contributed by atoms with Crippen LogP contribution in [0, 0.1) is 0 Å². The molecule has 0 aliphatic rings. The van der Waals surface area contributed by atoms with Gasteiger partial charge in [-0.05, 0) is 54.3 Å². The fourth-order valence-electron chi connectivity index (χ4n) is 2.94. The molecule has 1 amide bonds. The molecule has 3 aromatic carbocycles. The SMILES string of the molecule is CCSc1ccccc1C(=O)Nc1ccc(S(=O)(=O)Nc2ccc(OC)cc2OC)cc1. The second-order valence-corrected chi connectivity index (χ2v) is 9.57. The fourth-order valence-corrected chi connectivity index (χ4v) is 4.81. The summed E-state index contributed by atoms with van der Waals surface area (Å²) >= 11 is 1.59. The molecule has 3 aromatic rings. The first kappa shape index (κ1) is 23.5. The molecule has 3 rings (SSSR count). The Morgan fingerprint density at radius 1 is 0.969 bits per heavy atom. The Labute approximate surface area is 192 Å². The third-order valence-electron chi connectivity index (χ3n) is 4.51. The molecule has 0 saturated carbocycles. The van der Waals surface area contributed by atoms with E-state index < -0.39 is 10.0 Å². The summed E-state index contributed by atoms with van der Waals surface area (Å²) in [6, 6.07) is 18.1. The Morgan fingerprint density at radius 2 is 1.69 bits per heavy atom. The zero-order chi connectivity index (χ0) is 23.1. The first-order valence-corrected chi connectivity index (χ1v) is 12.2. The molecule has 0 aromatic heterocycles. The molecule has 168 valence electrons. The van der Waals surface area contributed by atoms with E-state index in [1.54, 1.807) is 48.2 Å². The molecule has 7 nitrogen and oxygen atoms in total. The molecule has 0 spiro atoms. The Hall–Kier alpha value is -3.17. The molecule has 0 heterocycles. The number of ether oxygens (including phenoxy) is 2. The summed E-state index contributed by atoms with van der Waals surface area (Å²) in [6.07, 6.45) is 0. The van der Waals surface area contributed by atoms with Crippen LogP contribution in [0.15, 0.2) is 76.5 Å². The Morgan fingerprint density at radius 3 is 2.34 bits per heavy atom. The number of sulfonamides is 1. The van der Waals surface area contributed by atoms with Gasteiger partial charge in [-0.3, -0.25) is 9.52 Å². The van der Waals surface area contributed by atoms with Gasteiger partial charge in [0.15, 0.2) is 0 Å². The average molecular weight is 473 g/mol. The summed E-state index contributed by atoms with van der Waals surface area (Å²) in [5, 5.41) is 2.81. The molecule has 0 atom stereocenters. The maximum atomic E-state index is 12.8. The Bertz CT molecular complexity index is 1200. The van der Waals surface area contributed by atoms with Crippen LogP contribution in [-0.4, -0.2) is 34.3 Å². The van der Waals surface area contributed by atoms with Crippen LogP contribution in [0.3, 0.4) is 0 Å². The van der Waals surface area contributed by atoms with Crippen LogP contribution in [0.4, 0.5) is 11.4 Å². The number of thioether (sulfide) groups is 1. The van der Waals surface area contributed by atoms with Crippen LogP contribution in [0.1, 0.15) is 17.3 Å². The van der Waals surface area contributed by atoms with Crippen molar-refractivity contribution >= 4 is 39.1 Å². The minimum Gasteiger partial charge on any atom is -0.497 e. The molecule has 0 aliphatic heterocycles. The second-order valence-electron chi connectivity index (χ2n) is 6.58. The van der Waals surface area contributed by atoms with Gasteiger partial charge in [-0.15, -0.1) is 11.8 Å². The normalized spacial score (nSPS) is 11.0. The highest BCUT2D eigenvalue weighted by Gasteiger charge is 2.18. The van der Waals surface area contributed by atoms with Gasteiger partial charge < -0.3 is 14.8 Å². The number of hydrogen-bond donors (Lipinski definition) is 2. The van der Waals surface area contributed by atoms with Crippen molar-refractivity contribution in [3.8, 4) is 11.5 Å². The number of amides is 1. The van der Waals surface area contributed by atoms with Crippen molar-refractivity contribution in [2.24, 2.45) is 0 Å². The van der Waals surface area contributed by atoms with E-state index in [0.29, 0.717) is 22.7 Å². The van der Waals surface area contributed by atoms with Gasteiger partial charge in [0.05, 0.1) is 30.4 Å². The van der Waals surface area contributed by atoms with Crippen LogP contribution in [-0.2, 0) is 10.0 Å². The number of anilines is 2. The largest absolute Gasteiger partial charge is 0.497 e. The molecule has 0 radical (unpaired) electrons. The third kappa shape index (κ3) is 5.54. The Balaban J connectivity index is 1.76. The lowest BCUT2D eigenvalue weighted by molar-refractivity contribution is 0.102. The second kappa shape index (κ2) is 10.4. The zero-order valence-electron chi connectivity index (χ0n) is 17.9. The van der Waals surface area contributed by atoms with Gasteiger partial charge in [0.25, 0.3) is 15.9 Å². The van der Waals surface area contributed by atoms with Gasteiger partial charge in [-0.1, -0.05) is 19.1 Å². The van der Waals surface area contributed by atoms with E-state index >= 15 is 0 Å². The van der Waals surface area contributed by atoms with Crippen LogP contribution in [0.25, 0.3) is 0 Å². The summed E-state index contributed by atoms with van der Waals surface area (Å²) in [5.74, 6) is 1.48. The molecule has 0 saturated heterocycles. The van der Waals surface area contributed by atoms with Gasteiger partial charge in [-0.2, -0.15) is 0 Å². The minimum atomic E-state index is -3.86. The van der Waals surface area contributed by atoms with E-state index in [9.17, 15) is 13.2 Å². The van der Waals surface area contributed by atoms with Crippen molar-refractivity contribution < 1.29 is 22.7 Å². The lowest BCUT2D eigenvalue weighted by Crippen LogP contribution is -2.15. The van der Waals surface area contributed by atoms with Crippen LogP contribution < -0.4 is 19.5 Å². The zero-order valence-corrected chi connectivity index (χ0v) is 19.5. The van der Waals surface area contributed by atoms with E-state index in [0.717, 1.165) is 10.6 Å². The quantitative estimate of drug-likeness (QED) is 0.432. The predicted octanol–water partition coefficient (Wildman–Crippen LogP) is 4.87. The topological polar surface area (TPSA) is 93.7 Å². The molecule has 32 heavy (non-hydrogen) atoms. The van der Waals surface area contributed by atoms with Crippen molar-refractivity contribution in [2.45, 2.75) is 16.7 Å². The number of carbonyl (C=O) groups excluding carboxylic acids is 1. The molecular weight excluding hydrogens is 448 g/mol. The molecule has 0 unspecified atom stereocenters. The van der Waals surface area contributed by atoms with Crippen molar-refractivity contribution in [3.05, 3.63) is 72.3 Å². The molecule has 0 fully saturated rings. The lowest BCUT2D eigenvalue weighted by atomic mass is 10.2. The van der Waals surface area contributed by atoms with Gasteiger partial charge >= 0.3 is 0 Å². The van der Waals surface area contributed by atoms with E-state index in [4.69, 9.17) is 9.47 Å². The summed E-state index contributed by atoms with van der Waals surface area (Å²) in [7, 11) is -0.904. The van der Waals surface area contributed by atoms with Crippen molar-refractivity contribution in [1.82, 2.24) is 0 Å². The van der Waals surface area contributed by atoms with Gasteiger partial charge in [0, 0.05) is 16.6 Å². The summed E-state index contributed by atoms with van der Waals surface area (Å²) in [5.41, 5.74) is 1.35. The highest BCUT2D eigenvalue weighted by atomic mass is 32.2. The van der Waals surface area contributed by atoms with Gasteiger partial charge in [0.2, 0.25) is 0 Å². The highest BCUT2D eigenvalue weighted by molar-refractivity contribution is 7.99. The van der Waals surface area contributed by atoms with Crippen LogP contribution in [0.5, 0.6) is 11.5 Å². The predicted molar refractivity (Wildman–Crippen MR) is 128 cm³/mol.